The van der Waals surface area contributed by atoms with Gasteiger partial charge in [-0.25, -0.2) is 23.2 Å². The molecular formula is C21H27N5O4S. The van der Waals surface area contributed by atoms with Crippen molar-refractivity contribution in [1.82, 2.24) is 15.3 Å². The summed E-state index contributed by atoms with van der Waals surface area (Å²) in [4.78, 5) is 20.8. The van der Waals surface area contributed by atoms with Gasteiger partial charge in [-0.05, 0) is 63.3 Å². The van der Waals surface area contributed by atoms with E-state index in [4.69, 9.17) is 10.8 Å². The second-order valence-corrected chi connectivity index (χ2v) is 10.9. The van der Waals surface area contributed by atoms with Crippen LogP contribution < -0.4 is 16.4 Å². The van der Waals surface area contributed by atoms with Crippen LogP contribution in [0.3, 0.4) is 0 Å². The molecule has 0 bridgehead atoms. The van der Waals surface area contributed by atoms with Gasteiger partial charge in [0.25, 0.3) is 0 Å². The number of carbonyl (C=O) groups is 1. The number of aliphatic hydroxyl groups excluding tert-OH is 1. The third kappa shape index (κ3) is 4.09. The summed E-state index contributed by atoms with van der Waals surface area (Å²) in [5, 5.41) is 14.0. The Bertz CT molecular complexity index is 1080. The third-order valence-electron chi connectivity index (χ3n) is 5.93. The van der Waals surface area contributed by atoms with Crippen molar-refractivity contribution in [2.75, 3.05) is 17.7 Å². The van der Waals surface area contributed by atoms with E-state index in [1.807, 2.05) is 0 Å². The number of hydrogen-bond acceptors (Lipinski definition) is 7. The van der Waals surface area contributed by atoms with Crippen LogP contribution in [0.15, 0.2) is 30.3 Å². The molecule has 2 aliphatic rings. The molecule has 10 heteroatoms. The molecule has 2 amide bonds. The van der Waals surface area contributed by atoms with Crippen molar-refractivity contribution < 1.29 is 18.3 Å². The minimum absolute atomic E-state index is 0.153. The zero-order valence-electron chi connectivity index (χ0n) is 17.3. The lowest BCUT2D eigenvalue weighted by Crippen LogP contribution is -2.45. The number of nitrogens with one attached hydrogen (secondary N) is 2. The van der Waals surface area contributed by atoms with E-state index in [9.17, 15) is 13.2 Å². The zero-order valence-corrected chi connectivity index (χ0v) is 18.2. The Morgan fingerprint density at radius 2 is 1.94 bits per heavy atom. The monoisotopic (exact) mass is 445 g/mol. The van der Waals surface area contributed by atoms with Crippen LogP contribution in [0.2, 0.25) is 0 Å². The second-order valence-electron chi connectivity index (χ2n) is 8.35. The van der Waals surface area contributed by atoms with Crippen molar-refractivity contribution in [1.29, 1.82) is 0 Å². The minimum atomic E-state index is -3.31. The van der Waals surface area contributed by atoms with Crippen LogP contribution in [0, 0.1) is 0 Å². The molecule has 2 fully saturated rings. The van der Waals surface area contributed by atoms with Crippen LogP contribution in [0.4, 0.5) is 16.3 Å². The highest BCUT2D eigenvalue weighted by Gasteiger charge is 2.57. The Morgan fingerprint density at radius 1 is 1.26 bits per heavy atom. The fraction of sp³-hybridized carbons (Fsp3) is 0.476. The number of sulfone groups is 1. The molecule has 0 saturated heterocycles. The van der Waals surface area contributed by atoms with Crippen molar-refractivity contribution >= 4 is 27.4 Å². The molecule has 2 aliphatic carbocycles. The van der Waals surface area contributed by atoms with Gasteiger partial charge in [0.05, 0.1) is 23.6 Å². The van der Waals surface area contributed by atoms with Crippen molar-refractivity contribution in [2.24, 2.45) is 0 Å². The van der Waals surface area contributed by atoms with Gasteiger partial charge >= 0.3 is 6.03 Å². The first-order chi connectivity index (χ1) is 14.7. The number of amides is 2. The minimum Gasteiger partial charge on any atom is -0.394 e. The Kier molecular flexibility index (Phi) is 5.61. The fourth-order valence-electron chi connectivity index (χ4n) is 3.85. The van der Waals surface area contributed by atoms with Gasteiger partial charge in [-0.1, -0.05) is 0 Å². The largest absolute Gasteiger partial charge is 0.394 e. The lowest BCUT2D eigenvalue weighted by molar-refractivity contribution is 0.229. The summed E-state index contributed by atoms with van der Waals surface area (Å²) in [6, 6.07) is 7.69. The summed E-state index contributed by atoms with van der Waals surface area (Å²) >= 11 is 0. The molecule has 2 saturated carbocycles. The van der Waals surface area contributed by atoms with E-state index >= 15 is 0 Å². The molecule has 166 valence electrons. The SMILES string of the molecule is C[C@@H](CO)NC(=O)Nc1ccc(-c2nc(N)cc(C3(S(=O)(=O)C4CC4)CCC3)n2)cc1. The number of carbonyl (C=O) groups excluding carboxylic acids is 1. The van der Waals surface area contributed by atoms with E-state index in [0.717, 1.165) is 19.3 Å². The topological polar surface area (TPSA) is 147 Å². The number of nitrogens with zero attached hydrogens (tertiary/aromatic N) is 2. The molecule has 0 aliphatic heterocycles. The van der Waals surface area contributed by atoms with Crippen LogP contribution >= 0.6 is 0 Å². The Morgan fingerprint density at radius 3 is 2.48 bits per heavy atom. The highest BCUT2D eigenvalue weighted by molar-refractivity contribution is 7.93. The highest BCUT2D eigenvalue weighted by Crippen LogP contribution is 2.53. The van der Waals surface area contributed by atoms with E-state index in [2.05, 4.69) is 20.6 Å². The predicted molar refractivity (Wildman–Crippen MR) is 118 cm³/mol. The van der Waals surface area contributed by atoms with Gasteiger partial charge in [0.15, 0.2) is 15.7 Å². The number of anilines is 2. The number of aromatic nitrogens is 2. The molecule has 5 N–H and O–H groups in total. The van der Waals surface area contributed by atoms with E-state index in [1.54, 1.807) is 37.3 Å². The van der Waals surface area contributed by atoms with Crippen LogP contribution in [0.1, 0.15) is 44.7 Å². The number of aliphatic hydroxyl groups is 1. The first-order valence-corrected chi connectivity index (χ1v) is 12.0. The van der Waals surface area contributed by atoms with Crippen LogP contribution in [-0.4, -0.2) is 47.4 Å². The number of rotatable bonds is 7. The summed E-state index contributed by atoms with van der Waals surface area (Å²) in [5.74, 6) is 0.592. The Balaban J connectivity index is 1.58. The number of urea groups is 1. The van der Waals surface area contributed by atoms with Crippen LogP contribution in [0.5, 0.6) is 0 Å². The van der Waals surface area contributed by atoms with Crippen LogP contribution in [0.25, 0.3) is 11.4 Å². The molecule has 1 aromatic heterocycles. The summed E-state index contributed by atoms with van der Waals surface area (Å²) in [5.41, 5.74) is 7.74. The maximum Gasteiger partial charge on any atom is 0.319 e. The smallest absolute Gasteiger partial charge is 0.319 e. The van der Waals surface area contributed by atoms with Gasteiger partial charge in [-0.2, -0.15) is 0 Å². The standard InChI is InChI=1S/C21H27N5O4S/c1-13(12-27)23-20(28)24-15-5-3-14(4-6-15)19-25-17(11-18(22)26-19)21(9-2-10-21)31(29,30)16-7-8-16/h3-6,11,13,16,27H,2,7-10,12H2,1H3,(H2,22,25,26)(H2,23,24,28)/t13-/m0/s1. The fourth-order valence-corrected chi connectivity index (χ4v) is 6.50. The average Bonchev–Trinajstić information content (AvgIpc) is 3.52. The van der Waals surface area contributed by atoms with Gasteiger partial charge < -0.3 is 21.5 Å². The first kappa shape index (κ1) is 21.5. The first-order valence-electron chi connectivity index (χ1n) is 10.4. The van der Waals surface area contributed by atoms with Gasteiger partial charge in [-0.3, -0.25) is 0 Å². The average molecular weight is 446 g/mol. The van der Waals surface area contributed by atoms with Crippen molar-refractivity contribution in [2.45, 2.75) is 55.1 Å². The predicted octanol–water partition coefficient (Wildman–Crippen LogP) is 2.18. The van der Waals surface area contributed by atoms with Gasteiger partial charge in [0.2, 0.25) is 0 Å². The quantitative estimate of drug-likeness (QED) is 0.510. The molecule has 1 atom stereocenters. The lowest BCUT2D eigenvalue weighted by Gasteiger charge is -2.40. The summed E-state index contributed by atoms with van der Waals surface area (Å²) in [6.07, 6.45) is 3.41. The molecule has 0 radical (unpaired) electrons. The van der Waals surface area contributed by atoms with E-state index in [0.29, 0.717) is 35.6 Å². The van der Waals surface area contributed by atoms with E-state index in [1.165, 1.54) is 0 Å². The molecule has 4 rings (SSSR count). The number of nitrogens with two attached hydrogens (primary N) is 1. The molecular weight excluding hydrogens is 418 g/mol. The van der Waals surface area contributed by atoms with E-state index in [-0.39, 0.29) is 23.7 Å². The van der Waals surface area contributed by atoms with Crippen molar-refractivity contribution in [3.63, 3.8) is 0 Å². The normalized spacial score (nSPS) is 18.6. The molecule has 1 aromatic carbocycles. The number of benzene rings is 1. The summed E-state index contributed by atoms with van der Waals surface area (Å²) in [7, 11) is -3.31. The zero-order chi connectivity index (χ0) is 22.2. The molecule has 31 heavy (non-hydrogen) atoms. The third-order valence-corrected chi connectivity index (χ3v) is 8.99. The van der Waals surface area contributed by atoms with Crippen molar-refractivity contribution in [3.8, 4) is 11.4 Å². The number of hydrogen-bond donors (Lipinski definition) is 4. The number of nitrogen functional groups attached to an aromatic ring is 1. The van der Waals surface area contributed by atoms with Crippen LogP contribution in [-0.2, 0) is 14.6 Å². The molecule has 0 unspecified atom stereocenters. The second kappa shape index (κ2) is 8.08. The summed E-state index contributed by atoms with van der Waals surface area (Å²) < 4.78 is 25.3. The maximum absolute atomic E-state index is 13.1. The molecule has 0 spiro atoms. The van der Waals surface area contributed by atoms with Crippen molar-refractivity contribution in [3.05, 3.63) is 36.0 Å². The summed E-state index contributed by atoms with van der Waals surface area (Å²) in [6.45, 7) is 1.54. The molecule has 9 nitrogen and oxygen atoms in total. The maximum atomic E-state index is 13.1. The van der Waals surface area contributed by atoms with Gasteiger partial charge in [0, 0.05) is 17.3 Å². The molecule has 2 aromatic rings. The highest BCUT2D eigenvalue weighted by atomic mass is 32.2. The lowest BCUT2D eigenvalue weighted by atomic mass is 9.81. The molecule has 1 heterocycles. The Hall–Kier alpha value is -2.72. The van der Waals surface area contributed by atoms with E-state index < -0.39 is 20.6 Å². The van der Waals surface area contributed by atoms with Gasteiger partial charge in [0.1, 0.15) is 10.6 Å². The van der Waals surface area contributed by atoms with Gasteiger partial charge in [-0.15, -0.1) is 0 Å². The Labute approximate surface area is 181 Å².